The molecule has 0 spiro atoms. The smallest absolute Gasteiger partial charge is 0.335 e. The summed E-state index contributed by atoms with van der Waals surface area (Å²) in [6.45, 7) is 6.03. The van der Waals surface area contributed by atoms with E-state index in [0.29, 0.717) is 5.03 Å². The van der Waals surface area contributed by atoms with Crippen LogP contribution in [0, 0.1) is 0 Å². The standard InChI is InChI=1S/C15H16N2O2S/c1-15(2,3)11-8-10(14(18)19)9-13(17-11)20-12-6-4-5-7-16-12/h4-9H,1-3H3,(H,18,19). The first-order valence-electron chi connectivity index (χ1n) is 6.21. The van der Waals surface area contributed by atoms with Crippen LogP contribution in [0.15, 0.2) is 46.6 Å². The number of aromatic carboxylic acids is 1. The largest absolute Gasteiger partial charge is 0.478 e. The molecule has 0 aromatic carbocycles. The van der Waals surface area contributed by atoms with E-state index in [1.54, 1.807) is 18.3 Å². The van der Waals surface area contributed by atoms with Gasteiger partial charge in [0.15, 0.2) is 0 Å². The number of nitrogens with zero attached hydrogens (tertiary/aromatic N) is 2. The minimum absolute atomic E-state index is 0.203. The number of hydrogen-bond acceptors (Lipinski definition) is 4. The molecule has 0 amide bonds. The van der Waals surface area contributed by atoms with Gasteiger partial charge in [-0.25, -0.2) is 14.8 Å². The van der Waals surface area contributed by atoms with Gasteiger partial charge in [0.2, 0.25) is 0 Å². The van der Waals surface area contributed by atoms with E-state index in [1.807, 2.05) is 39.0 Å². The zero-order valence-electron chi connectivity index (χ0n) is 11.6. The van der Waals surface area contributed by atoms with Crippen molar-refractivity contribution < 1.29 is 9.90 Å². The van der Waals surface area contributed by atoms with Crippen molar-refractivity contribution >= 4 is 17.7 Å². The molecule has 5 heteroatoms. The Hall–Kier alpha value is -1.88. The van der Waals surface area contributed by atoms with Gasteiger partial charge in [0.1, 0.15) is 10.1 Å². The monoisotopic (exact) mass is 288 g/mol. The molecular weight excluding hydrogens is 272 g/mol. The predicted octanol–water partition coefficient (Wildman–Crippen LogP) is 3.62. The summed E-state index contributed by atoms with van der Waals surface area (Å²) < 4.78 is 0. The van der Waals surface area contributed by atoms with Gasteiger partial charge in [-0.05, 0) is 24.3 Å². The first-order valence-corrected chi connectivity index (χ1v) is 7.02. The molecule has 0 aliphatic heterocycles. The summed E-state index contributed by atoms with van der Waals surface area (Å²) in [4.78, 5) is 20.0. The lowest BCUT2D eigenvalue weighted by Gasteiger charge is -2.19. The van der Waals surface area contributed by atoms with Crippen molar-refractivity contribution in [3.8, 4) is 0 Å². The number of carboxylic acids is 1. The highest BCUT2D eigenvalue weighted by Gasteiger charge is 2.19. The molecule has 0 fully saturated rings. The van der Waals surface area contributed by atoms with Gasteiger partial charge in [0.05, 0.1) is 5.56 Å². The Bertz CT molecular complexity index is 622. The van der Waals surface area contributed by atoms with E-state index in [2.05, 4.69) is 9.97 Å². The molecule has 2 heterocycles. The van der Waals surface area contributed by atoms with E-state index >= 15 is 0 Å². The van der Waals surface area contributed by atoms with Gasteiger partial charge in [-0.1, -0.05) is 38.6 Å². The fourth-order valence-electron chi connectivity index (χ4n) is 1.58. The first-order chi connectivity index (χ1) is 9.36. The minimum Gasteiger partial charge on any atom is -0.478 e. The van der Waals surface area contributed by atoms with Crippen LogP contribution in [0.5, 0.6) is 0 Å². The molecule has 2 aromatic heterocycles. The summed E-state index contributed by atoms with van der Waals surface area (Å²) in [5.74, 6) is -0.944. The topological polar surface area (TPSA) is 63.1 Å². The van der Waals surface area contributed by atoms with Gasteiger partial charge in [0.25, 0.3) is 0 Å². The van der Waals surface area contributed by atoms with Gasteiger partial charge in [-0.2, -0.15) is 0 Å². The van der Waals surface area contributed by atoms with Crippen LogP contribution in [0.3, 0.4) is 0 Å². The van der Waals surface area contributed by atoms with Gasteiger partial charge >= 0.3 is 5.97 Å². The molecule has 2 aromatic rings. The van der Waals surface area contributed by atoms with Crippen LogP contribution in [0.25, 0.3) is 0 Å². The normalized spacial score (nSPS) is 11.3. The number of aromatic nitrogens is 2. The Labute approximate surface area is 122 Å². The van der Waals surface area contributed by atoms with Crippen molar-refractivity contribution in [3.63, 3.8) is 0 Å². The Morgan fingerprint density at radius 2 is 1.95 bits per heavy atom. The molecule has 1 N–H and O–H groups in total. The third-order valence-corrected chi connectivity index (χ3v) is 3.53. The molecule has 4 nitrogen and oxygen atoms in total. The molecule has 0 radical (unpaired) electrons. The second-order valence-electron chi connectivity index (χ2n) is 5.40. The van der Waals surface area contributed by atoms with E-state index in [0.717, 1.165) is 10.7 Å². The molecule has 0 aliphatic rings. The first kappa shape index (κ1) is 14.5. The quantitative estimate of drug-likeness (QED) is 0.934. The summed E-state index contributed by atoms with van der Waals surface area (Å²) in [6, 6.07) is 8.81. The van der Waals surface area contributed by atoms with Crippen LogP contribution in [0.2, 0.25) is 0 Å². The van der Waals surface area contributed by atoms with Crippen LogP contribution in [0.1, 0.15) is 36.8 Å². The molecule has 0 saturated heterocycles. The highest BCUT2D eigenvalue weighted by molar-refractivity contribution is 7.99. The van der Waals surface area contributed by atoms with Crippen molar-refractivity contribution in [2.45, 2.75) is 36.2 Å². The maximum Gasteiger partial charge on any atom is 0.335 e. The van der Waals surface area contributed by atoms with Crippen molar-refractivity contribution in [1.82, 2.24) is 9.97 Å². The Morgan fingerprint density at radius 3 is 2.50 bits per heavy atom. The Morgan fingerprint density at radius 1 is 1.20 bits per heavy atom. The zero-order chi connectivity index (χ0) is 14.8. The highest BCUT2D eigenvalue weighted by Crippen LogP contribution is 2.29. The van der Waals surface area contributed by atoms with E-state index in [-0.39, 0.29) is 11.0 Å². The third-order valence-electron chi connectivity index (χ3n) is 2.66. The number of rotatable bonds is 3. The van der Waals surface area contributed by atoms with Crippen molar-refractivity contribution in [3.05, 3.63) is 47.8 Å². The summed E-state index contributed by atoms with van der Waals surface area (Å²) >= 11 is 1.36. The molecule has 20 heavy (non-hydrogen) atoms. The van der Waals surface area contributed by atoms with Gasteiger partial charge in [-0.3, -0.25) is 0 Å². The van der Waals surface area contributed by atoms with Gasteiger partial charge in [0, 0.05) is 17.3 Å². The third kappa shape index (κ3) is 3.57. The van der Waals surface area contributed by atoms with Gasteiger partial charge < -0.3 is 5.11 Å². The second kappa shape index (κ2) is 5.63. The molecule has 0 bridgehead atoms. The van der Waals surface area contributed by atoms with E-state index in [1.165, 1.54) is 11.8 Å². The molecule has 0 saturated carbocycles. The van der Waals surface area contributed by atoms with E-state index < -0.39 is 5.97 Å². The lowest BCUT2D eigenvalue weighted by Crippen LogP contribution is -2.15. The Kier molecular flexibility index (Phi) is 4.09. The fourth-order valence-corrected chi connectivity index (χ4v) is 2.38. The number of pyridine rings is 2. The average Bonchev–Trinajstić information content (AvgIpc) is 2.38. The molecule has 2 rings (SSSR count). The highest BCUT2D eigenvalue weighted by atomic mass is 32.2. The maximum atomic E-state index is 11.2. The summed E-state index contributed by atoms with van der Waals surface area (Å²) in [5.41, 5.74) is 0.810. The summed E-state index contributed by atoms with van der Waals surface area (Å²) in [7, 11) is 0. The molecule has 0 atom stereocenters. The van der Waals surface area contributed by atoms with Crippen LogP contribution in [-0.2, 0) is 5.41 Å². The summed E-state index contributed by atoms with van der Waals surface area (Å²) in [5, 5.41) is 10.7. The maximum absolute atomic E-state index is 11.2. The minimum atomic E-state index is -0.944. The number of hydrogen-bond donors (Lipinski definition) is 1. The van der Waals surface area contributed by atoms with E-state index in [4.69, 9.17) is 0 Å². The zero-order valence-corrected chi connectivity index (χ0v) is 12.4. The van der Waals surface area contributed by atoms with Crippen LogP contribution < -0.4 is 0 Å². The lowest BCUT2D eigenvalue weighted by molar-refractivity contribution is 0.0696. The lowest BCUT2D eigenvalue weighted by atomic mass is 9.91. The number of carbonyl (C=O) groups is 1. The molecule has 0 aliphatic carbocycles. The van der Waals surface area contributed by atoms with Crippen molar-refractivity contribution in [1.29, 1.82) is 0 Å². The van der Waals surface area contributed by atoms with Crippen LogP contribution >= 0.6 is 11.8 Å². The van der Waals surface area contributed by atoms with Crippen LogP contribution in [0.4, 0.5) is 0 Å². The average molecular weight is 288 g/mol. The SMILES string of the molecule is CC(C)(C)c1cc(C(=O)O)cc(Sc2ccccn2)n1. The Balaban J connectivity index is 2.42. The predicted molar refractivity (Wildman–Crippen MR) is 78.3 cm³/mol. The summed E-state index contributed by atoms with van der Waals surface area (Å²) in [6.07, 6.45) is 1.70. The molecular formula is C15H16N2O2S. The van der Waals surface area contributed by atoms with Gasteiger partial charge in [-0.15, -0.1) is 0 Å². The second-order valence-corrected chi connectivity index (χ2v) is 6.45. The number of carboxylic acid groups (broad SMARTS) is 1. The van der Waals surface area contributed by atoms with E-state index in [9.17, 15) is 9.90 Å². The molecule has 0 unspecified atom stereocenters. The van der Waals surface area contributed by atoms with Crippen LogP contribution in [-0.4, -0.2) is 21.0 Å². The fraction of sp³-hybridized carbons (Fsp3) is 0.267. The van der Waals surface area contributed by atoms with Crippen molar-refractivity contribution in [2.75, 3.05) is 0 Å². The van der Waals surface area contributed by atoms with Crippen molar-refractivity contribution in [2.24, 2.45) is 0 Å². The molecule has 104 valence electrons.